The summed E-state index contributed by atoms with van der Waals surface area (Å²) in [4.78, 5) is 42.7. The lowest BCUT2D eigenvalue weighted by atomic mass is 9.85. The normalized spacial score (nSPS) is 18.3. The van der Waals surface area contributed by atoms with Crippen LogP contribution in [-0.2, 0) is 11.3 Å². The van der Waals surface area contributed by atoms with Crippen molar-refractivity contribution in [2.75, 3.05) is 36.4 Å². The molecular formula is C30H38FN5O3. The summed E-state index contributed by atoms with van der Waals surface area (Å²) in [6.07, 6.45) is 8.54. The van der Waals surface area contributed by atoms with Gasteiger partial charge in [-0.1, -0.05) is 37.8 Å². The van der Waals surface area contributed by atoms with Gasteiger partial charge in [0.25, 0.3) is 5.91 Å². The molecule has 39 heavy (non-hydrogen) atoms. The first-order valence-electron chi connectivity index (χ1n) is 14.2. The van der Waals surface area contributed by atoms with Crippen molar-refractivity contribution in [3.05, 3.63) is 59.4 Å². The number of rotatable bonds is 7. The van der Waals surface area contributed by atoms with Gasteiger partial charge in [0.2, 0.25) is 5.91 Å². The predicted octanol–water partition coefficient (Wildman–Crippen LogP) is 4.66. The molecule has 2 aromatic carbocycles. The second-order valence-corrected chi connectivity index (χ2v) is 10.9. The molecule has 5 rings (SSSR count). The molecule has 0 aromatic heterocycles. The van der Waals surface area contributed by atoms with E-state index in [9.17, 15) is 18.8 Å². The number of hydrogen-bond donors (Lipinski definition) is 3. The first-order valence-corrected chi connectivity index (χ1v) is 14.2. The van der Waals surface area contributed by atoms with Crippen molar-refractivity contribution in [1.29, 1.82) is 0 Å². The minimum atomic E-state index is -0.325. The van der Waals surface area contributed by atoms with Gasteiger partial charge in [-0.25, -0.2) is 9.18 Å². The van der Waals surface area contributed by atoms with E-state index in [-0.39, 0.29) is 42.2 Å². The topological polar surface area (TPSA) is 93.8 Å². The van der Waals surface area contributed by atoms with Crippen molar-refractivity contribution >= 4 is 29.2 Å². The third-order valence-electron chi connectivity index (χ3n) is 8.19. The van der Waals surface area contributed by atoms with Gasteiger partial charge in [0.1, 0.15) is 5.82 Å². The van der Waals surface area contributed by atoms with Crippen LogP contribution in [0.15, 0.2) is 42.5 Å². The summed E-state index contributed by atoms with van der Waals surface area (Å²) >= 11 is 0. The minimum absolute atomic E-state index is 0.00660. The Morgan fingerprint density at radius 3 is 2.23 bits per heavy atom. The van der Waals surface area contributed by atoms with Gasteiger partial charge >= 0.3 is 6.03 Å². The van der Waals surface area contributed by atoms with Gasteiger partial charge in [0.15, 0.2) is 0 Å². The van der Waals surface area contributed by atoms with E-state index < -0.39 is 0 Å². The Kier molecular flexibility index (Phi) is 8.64. The Morgan fingerprint density at radius 1 is 0.846 bits per heavy atom. The van der Waals surface area contributed by atoms with Gasteiger partial charge < -0.3 is 25.8 Å². The summed E-state index contributed by atoms with van der Waals surface area (Å²) in [5, 5.41) is 9.10. The van der Waals surface area contributed by atoms with E-state index in [1.165, 1.54) is 31.4 Å². The largest absolute Gasteiger partial charge is 0.367 e. The van der Waals surface area contributed by atoms with Crippen LogP contribution in [0.25, 0.3) is 0 Å². The molecule has 1 heterocycles. The number of carbonyl (C=O) groups excluding carboxylic acids is 3. The van der Waals surface area contributed by atoms with Crippen LogP contribution >= 0.6 is 0 Å². The van der Waals surface area contributed by atoms with E-state index in [1.54, 1.807) is 18.2 Å². The number of nitrogens with zero attached hydrogens (tertiary/aromatic N) is 2. The SMILES string of the molecule is O=C(NCc1ccc(F)cc1)c1cc(NC(=O)C2CCC2)ccc1N1CCN(C(=O)NC2CCCCC2)CC1. The van der Waals surface area contributed by atoms with Crippen LogP contribution in [0.4, 0.5) is 20.6 Å². The summed E-state index contributed by atoms with van der Waals surface area (Å²) in [5.74, 6) is -0.571. The molecule has 4 amide bonds. The van der Waals surface area contributed by atoms with E-state index in [1.807, 2.05) is 17.0 Å². The summed E-state index contributed by atoms with van der Waals surface area (Å²) in [6.45, 7) is 2.59. The number of nitrogens with one attached hydrogen (secondary N) is 3. The molecule has 1 aliphatic heterocycles. The molecular weight excluding hydrogens is 497 g/mol. The van der Waals surface area contributed by atoms with E-state index in [2.05, 4.69) is 20.9 Å². The van der Waals surface area contributed by atoms with Crippen molar-refractivity contribution in [3.63, 3.8) is 0 Å². The zero-order chi connectivity index (χ0) is 27.2. The Hall–Kier alpha value is -3.62. The molecule has 0 atom stereocenters. The summed E-state index contributed by atoms with van der Waals surface area (Å²) in [7, 11) is 0. The fourth-order valence-corrected chi connectivity index (χ4v) is 5.53. The second-order valence-electron chi connectivity index (χ2n) is 10.9. The highest BCUT2D eigenvalue weighted by Gasteiger charge is 2.28. The standard InChI is InChI=1S/C30H38FN5O3/c31-23-11-9-21(10-12-23)20-32-29(38)26-19-25(33-28(37)22-5-4-6-22)13-14-27(26)35-15-17-36(18-16-35)30(39)34-24-7-2-1-3-8-24/h9-14,19,22,24H,1-8,15-18,20H2,(H,32,38)(H,33,37)(H,34,39). The lowest BCUT2D eigenvalue weighted by Crippen LogP contribution is -2.54. The first kappa shape index (κ1) is 27.0. The molecule has 3 N–H and O–H groups in total. The highest BCUT2D eigenvalue weighted by atomic mass is 19.1. The van der Waals surface area contributed by atoms with E-state index in [4.69, 9.17) is 0 Å². The predicted molar refractivity (Wildman–Crippen MR) is 149 cm³/mol. The lowest BCUT2D eigenvalue weighted by molar-refractivity contribution is -0.122. The number of urea groups is 1. The first-order chi connectivity index (χ1) is 19.0. The summed E-state index contributed by atoms with van der Waals surface area (Å²) < 4.78 is 13.3. The number of piperazine rings is 1. The molecule has 2 aliphatic carbocycles. The van der Waals surface area contributed by atoms with Gasteiger partial charge in [-0.2, -0.15) is 0 Å². The van der Waals surface area contributed by atoms with E-state index in [0.29, 0.717) is 37.4 Å². The average molecular weight is 536 g/mol. The fraction of sp³-hybridized carbons (Fsp3) is 0.500. The number of benzene rings is 2. The maximum Gasteiger partial charge on any atom is 0.317 e. The molecule has 3 aliphatic rings. The summed E-state index contributed by atoms with van der Waals surface area (Å²) in [5.41, 5.74) is 2.61. The molecule has 2 aromatic rings. The molecule has 2 saturated carbocycles. The van der Waals surface area contributed by atoms with Crippen LogP contribution in [0.1, 0.15) is 67.3 Å². The van der Waals surface area contributed by atoms with Crippen molar-refractivity contribution in [2.45, 2.75) is 64.0 Å². The molecule has 0 radical (unpaired) electrons. The molecule has 8 nitrogen and oxygen atoms in total. The molecule has 3 fully saturated rings. The Morgan fingerprint density at radius 2 is 1.56 bits per heavy atom. The molecule has 9 heteroatoms. The highest BCUT2D eigenvalue weighted by Crippen LogP contribution is 2.30. The quantitative estimate of drug-likeness (QED) is 0.481. The average Bonchev–Trinajstić information content (AvgIpc) is 2.92. The zero-order valence-electron chi connectivity index (χ0n) is 22.4. The Bertz CT molecular complexity index is 1170. The number of halogens is 1. The van der Waals surface area contributed by atoms with Gasteiger partial charge in [-0.3, -0.25) is 9.59 Å². The van der Waals surface area contributed by atoms with E-state index >= 15 is 0 Å². The maximum atomic E-state index is 13.4. The number of carbonyl (C=O) groups is 3. The van der Waals surface area contributed by atoms with Crippen molar-refractivity contribution in [1.82, 2.24) is 15.5 Å². The minimum Gasteiger partial charge on any atom is -0.367 e. The van der Waals surface area contributed by atoms with Crippen LogP contribution in [0.5, 0.6) is 0 Å². The number of amides is 4. The van der Waals surface area contributed by atoms with Crippen molar-refractivity contribution in [2.24, 2.45) is 5.92 Å². The van der Waals surface area contributed by atoms with Crippen LogP contribution in [0.2, 0.25) is 0 Å². The third-order valence-corrected chi connectivity index (χ3v) is 8.19. The zero-order valence-corrected chi connectivity index (χ0v) is 22.4. The monoisotopic (exact) mass is 535 g/mol. The molecule has 208 valence electrons. The Balaban J connectivity index is 1.26. The summed E-state index contributed by atoms with van der Waals surface area (Å²) in [6, 6.07) is 11.7. The number of anilines is 2. The lowest BCUT2D eigenvalue weighted by Gasteiger charge is -2.37. The maximum absolute atomic E-state index is 13.4. The molecule has 1 saturated heterocycles. The van der Waals surface area contributed by atoms with Gasteiger partial charge in [-0.15, -0.1) is 0 Å². The van der Waals surface area contributed by atoms with Crippen molar-refractivity contribution in [3.8, 4) is 0 Å². The molecule has 0 unspecified atom stereocenters. The smallest absolute Gasteiger partial charge is 0.317 e. The van der Waals surface area contributed by atoms with Gasteiger partial charge in [-0.05, 0) is 61.6 Å². The second kappa shape index (κ2) is 12.5. The molecule has 0 spiro atoms. The van der Waals surface area contributed by atoms with Crippen LogP contribution in [0.3, 0.4) is 0 Å². The van der Waals surface area contributed by atoms with Crippen molar-refractivity contribution < 1.29 is 18.8 Å². The van der Waals surface area contributed by atoms with E-state index in [0.717, 1.165) is 43.4 Å². The Labute approximate surface area is 229 Å². The third kappa shape index (κ3) is 6.88. The highest BCUT2D eigenvalue weighted by molar-refractivity contribution is 6.02. The molecule has 0 bridgehead atoms. The van der Waals surface area contributed by atoms with Crippen LogP contribution in [-0.4, -0.2) is 55.0 Å². The van der Waals surface area contributed by atoms with Gasteiger partial charge in [0, 0.05) is 56.1 Å². The van der Waals surface area contributed by atoms with Gasteiger partial charge in [0.05, 0.1) is 5.56 Å². The number of hydrogen-bond acceptors (Lipinski definition) is 4. The fourth-order valence-electron chi connectivity index (χ4n) is 5.53. The van der Waals surface area contributed by atoms with Crippen LogP contribution < -0.4 is 20.9 Å². The van der Waals surface area contributed by atoms with Crippen LogP contribution in [0, 0.1) is 11.7 Å².